The summed E-state index contributed by atoms with van der Waals surface area (Å²) in [5.41, 5.74) is 6.99. The zero-order chi connectivity index (χ0) is 12.4. The van der Waals surface area contributed by atoms with Gasteiger partial charge in [0, 0.05) is 37.2 Å². The number of anilines is 1. The van der Waals surface area contributed by atoms with E-state index in [0.29, 0.717) is 12.6 Å². The highest BCUT2D eigenvalue weighted by molar-refractivity contribution is 5.45. The maximum atomic E-state index is 5.84. The van der Waals surface area contributed by atoms with Crippen molar-refractivity contribution in [2.45, 2.75) is 18.9 Å². The van der Waals surface area contributed by atoms with Gasteiger partial charge < -0.3 is 10.6 Å². The number of hydrogen-bond donors (Lipinski definition) is 1. The highest BCUT2D eigenvalue weighted by atomic mass is 15.3. The number of nitrogens with zero attached hydrogens (tertiary/aromatic N) is 3. The molecule has 0 bridgehead atoms. The first-order chi connectivity index (χ1) is 8.90. The monoisotopic (exact) mass is 242 g/mol. The molecular weight excluding hydrogens is 224 g/mol. The Hall–Kier alpha value is -1.81. The van der Waals surface area contributed by atoms with E-state index in [1.54, 1.807) is 0 Å². The molecule has 4 heteroatoms. The first-order valence-corrected chi connectivity index (χ1v) is 6.45. The number of hydrogen-bond acceptors (Lipinski definition) is 3. The van der Waals surface area contributed by atoms with Gasteiger partial charge in [-0.3, -0.25) is 4.57 Å². The first kappa shape index (κ1) is 11.3. The van der Waals surface area contributed by atoms with Gasteiger partial charge in [-0.2, -0.15) is 0 Å². The van der Waals surface area contributed by atoms with E-state index in [1.807, 2.05) is 30.6 Å². The Morgan fingerprint density at radius 2 is 2.11 bits per heavy atom. The Bertz CT molecular complexity index is 506. The third kappa shape index (κ3) is 1.88. The van der Waals surface area contributed by atoms with Crippen LogP contribution < -0.4 is 10.6 Å². The normalized spacial score (nSPS) is 19.4. The van der Waals surface area contributed by atoms with Crippen molar-refractivity contribution in [1.82, 2.24) is 9.55 Å². The molecule has 0 amide bonds. The van der Waals surface area contributed by atoms with Gasteiger partial charge in [0.25, 0.3) is 0 Å². The number of imidazole rings is 1. The van der Waals surface area contributed by atoms with E-state index in [1.165, 1.54) is 6.42 Å². The van der Waals surface area contributed by atoms with Crippen molar-refractivity contribution in [3.05, 3.63) is 42.7 Å². The van der Waals surface area contributed by atoms with Crippen LogP contribution in [0.4, 0.5) is 5.95 Å². The summed E-state index contributed by atoms with van der Waals surface area (Å²) >= 11 is 0. The maximum Gasteiger partial charge on any atom is 0.210 e. The molecule has 1 unspecified atom stereocenters. The zero-order valence-corrected chi connectivity index (χ0v) is 10.4. The molecule has 94 valence electrons. The second-order valence-corrected chi connectivity index (χ2v) is 4.66. The van der Waals surface area contributed by atoms with Gasteiger partial charge in [0.05, 0.1) is 0 Å². The van der Waals surface area contributed by atoms with Crippen LogP contribution in [0.15, 0.2) is 42.7 Å². The second kappa shape index (κ2) is 4.82. The molecule has 1 aliphatic heterocycles. The van der Waals surface area contributed by atoms with Crippen molar-refractivity contribution < 1.29 is 0 Å². The van der Waals surface area contributed by atoms with Crippen molar-refractivity contribution in [2.75, 3.05) is 18.0 Å². The topological polar surface area (TPSA) is 47.1 Å². The highest BCUT2D eigenvalue weighted by Crippen LogP contribution is 2.25. The van der Waals surface area contributed by atoms with E-state index in [-0.39, 0.29) is 0 Å². The number of para-hydroxylation sites is 1. The predicted octanol–water partition coefficient (Wildman–Crippen LogP) is 1.80. The van der Waals surface area contributed by atoms with E-state index in [9.17, 15) is 0 Å². The molecule has 2 aromatic rings. The van der Waals surface area contributed by atoms with Crippen LogP contribution in [0.25, 0.3) is 5.69 Å². The molecule has 1 atom stereocenters. The summed E-state index contributed by atoms with van der Waals surface area (Å²) < 4.78 is 2.13. The third-order valence-electron chi connectivity index (χ3n) is 3.56. The molecule has 18 heavy (non-hydrogen) atoms. The fourth-order valence-corrected chi connectivity index (χ4v) is 2.64. The molecule has 0 radical (unpaired) electrons. The number of rotatable bonds is 3. The standard InChI is InChI=1S/C14H18N4/c15-11-13-7-4-9-17(13)14-16-8-10-18(14)12-5-2-1-3-6-12/h1-3,5-6,8,10,13H,4,7,9,11,15H2. The highest BCUT2D eigenvalue weighted by Gasteiger charge is 2.26. The third-order valence-corrected chi connectivity index (χ3v) is 3.56. The summed E-state index contributed by atoms with van der Waals surface area (Å²) in [6.07, 6.45) is 6.23. The van der Waals surface area contributed by atoms with Gasteiger partial charge in [-0.15, -0.1) is 0 Å². The quantitative estimate of drug-likeness (QED) is 0.892. The molecule has 2 heterocycles. The molecule has 2 N–H and O–H groups in total. The van der Waals surface area contributed by atoms with Crippen LogP contribution in [-0.2, 0) is 0 Å². The van der Waals surface area contributed by atoms with Crippen LogP contribution in [0.2, 0.25) is 0 Å². The van der Waals surface area contributed by atoms with Gasteiger partial charge in [0.2, 0.25) is 5.95 Å². The van der Waals surface area contributed by atoms with Gasteiger partial charge >= 0.3 is 0 Å². The van der Waals surface area contributed by atoms with Crippen molar-refractivity contribution >= 4 is 5.95 Å². The van der Waals surface area contributed by atoms with E-state index < -0.39 is 0 Å². The molecule has 1 saturated heterocycles. The Labute approximate surface area is 107 Å². The van der Waals surface area contributed by atoms with Crippen LogP contribution >= 0.6 is 0 Å². The molecule has 4 nitrogen and oxygen atoms in total. The average molecular weight is 242 g/mol. The van der Waals surface area contributed by atoms with E-state index in [0.717, 1.165) is 24.6 Å². The summed E-state index contributed by atoms with van der Waals surface area (Å²) in [5, 5.41) is 0. The fourth-order valence-electron chi connectivity index (χ4n) is 2.64. The van der Waals surface area contributed by atoms with Crippen LogP contribution in [0, 0.1) is 0 Å². The molecular formula is C14H18N4. The van der Waals surface area contributed by atoms with Gasteiger partial charge in [0.1, 0.15) is 0 Å². The summed E-state index contributed by atoms with van der Waals surface area (Å²) in [7, 11) is 0. The molecule has 0 spiro atoms. The molecule has 0 saturated carbocycles. The molecule has 1 aromatic heterocycles. The molecule has 1 fully saturated rings. The van der Waals surface area contributed by atoms with Crippen molar-refractivity contribution in [3.63, 3.8) is 0 Å². The number of aromatic nitrogens is 2. The summed E-state index contributed by atoms with van der Waals surface area (Å²) in [6, 6.07) is 10.7. The lowest BCUT2D eigenvalue weighted by Gasteiger charge is -2.25. The number of nitrogens with two attached hydrogens (primary N) is 1. The Morgan fingerprint density at radius 1 is 1.28 bits per heavy atom. The maximum absolute atomic E-state index is 5.84. The summed E-state index contributed by atoms with van der Waals surface area (Å²) in [4.78, 5) is 6.83. The van der Waals surface area contributed by atoms with Gasteiger partial charge in [0.15, 0.2) is 0 Å². The fraction of sp³-hybridized carbons (Fsp3) is 0.357. The molecule has 3 rings (SSSR count). The average Bonchev–Trinajstić information content (AvgIpc) is 3.07. The number of benzene rings is 1. The van der Waals surface area contributed by atoms with Crippen LogP contribution in [0.3, 0.4) is 0 Å². The van der Waals surface area contributed by atoms with Crippen LogP contribution in [0.5, 0.6) is 0 Å². The van der Waals surface area contributed by atoms with Crippen molar-refractivity contribution in [1.29, 1.82) is 0 Å². The molecule has 1 aliphatic rings. The van der Waals surface area contributed by atoms with Gasteiger partial charge in [-0.1, -0.05) is 18.2 Å². The smallest absolute Gasteiger partial charge is 0.210 e. The summed E-state index contributed by atoms with van der Waals surface area (Å²) in [5.74, 6) is 1.01. The molecule has 0 aliphatic carbocycles. The van der Waals surface area contributed by atoms with Crippen LogP contribution in [0.1, 0.15) is 12.8 Å². The predicted molar refractivity (Wildman–Crippen MR) is 73.0 cm³/mol. The lowest BCUT2D eigenvalue weighted by atomic mass is 10.2. The van der Waals surface area contributed by atoms with Gasteiger partial charge in [-0.25, -0.2) is 4.98 Å². The van der Waals surface area contributed by atoms with E-state index in [2.05, 4.69) is 26.6 Å². The van der Waals surface area contributed by atoms with Crippen molar-refractivity contribution in [3.8, 4) is 5.69 Å². The Kier molecular flexibility index (Phi) is 3.02. The summed E-state index contributed by atoms with van der Waals surface area (Å²) in [6.45, 7) is 1.74. The Morgan fingerprint density at radius 3 is 2.89 bits per heavy atom. The minimum absolute atomic E-state index is 0.426. The molecule has 1 aromatic carbocycles. The van der Waals surface area contributed by atoms with E-state index >= 15 is 0 Å². The Balaban J connectivity index is 1.97. The lowest BCUT2D eigenvalue weighted by Crippen LogP contribution is -2.36. The van der Waals surface area contributed by atoms with Crippen LogP contribution in [-0.4, -0.2) is 28.7 Å². The van der Waals surface area contributed by atoms with Gasteiger partial charge in [-0.05, 0) is 25.0 Å². The zero-order valence-electron chi connectivity index (χ0n) is 10.4. The van der Waals surface area contributed by atoms with Crippen molar-refractivity contribution in [2.24, 2.45) is 5.73 Å². The van der Waals surface area contributed by atoms with E-state index in [4.69, 9.17) is 5.73 Å². The lowest BCUT2D eigenvalue weighted by molar-refractivity contribution is 0.661. The minimum atomic E-state index is 0.426. The first-order valence-electron chi connectivity index (χ1n) is 6.45. The largest absolute Gasteiger partial charge is 0.338 e. The SMILES string of the molecule is NCC1CCCN1c1nccn1-c1ccccc1. The minimum Gasteiger partial charge on any atom is -0.338 e. The second-order valence-electron chi connectivity index (χ2n) is 4.66.